The number of hydrazone groups is 1. The number of aliphatic imine (C=N–C) groups is 1. The van der Waals surface area contributed by atoms with Gasteiger partial charge in [-0.15, -0.1) is 0 Å². The Morgan fingerprint density at radius 1 is 1.11 bits per heavy atom. The van der Waals surface area contributed by atoms with Crippen molar-refractivity contribution in [3.8, 4) is 5.75 Å². The van der Waals surface area contributed by atoms with Crippen LogP contribution in [-0.4, -0.2) is 40.1 Å². The average Bonchev–Trinajstić information content (AvgIpc) is 3.49. The first-order chi connectivity index (χ1) is 17.9. The fraction of sp³-hybridized carbons (Fsp3) is 0.214. The molecule has 7 nitrogen and oxygen atoms in total. The number of ether oxygens (including phenoxy) is 1. The molecule has 0 spiro atoms. The minimum Gasteiger partial charge on any atom is -0.495 e. The lowest BCUT2D eigenvalue weighted by Gasteiger charge is -2.23. The van der Waals surface area contributed by atoms with Crippen molar-refractivity contribution in [3.05, 3.63) is 95.3 Å². The lowest BCUT2D eigenvalue weighted by molar-refractivity contribution is -0.121. The number of halogens is 1. The van der Waals surface area contributed by atoms with E-state index >= 15 is 0 Å². The molecule has 0 saturated heterocycles. The highest BCUT2D eigenvalue weighted by molar-refractivity contribution is 8.15. The summed E-state index contributed by atoms with van der Waals surface area (Å²) in [5, 5.41) is 9.12. The van der Waals surface area contributed by atoms with E-state index in [1.165, 1.54) is 31.0 Å². The van der Waals surface area contributed by atoms with Crippen LogP contribution in [0.2, 0.25) is 0 Å². The molecule has 9 heteroatoms. The predicted octanol–water partition coefficient (Wildman–Crippen LogP) is 5.32. The maximum absolute atomic E-state index is 13.6. The molecule has 188 valence electrons. The summed E-state index contributed by atoms with van der Waals surface area (Å²) in [6.45, 7) is 2.02. The van der Waals surface area contributed by atoms with Crippen molar-refractivity contribution in [2.75, 3.05) is 12.4 Å². The standard InChI is InChI=1S/C28H25FN4O3S/c1-17-7-9-18(10-8-17)22-15-23(19-11-13-20(29)14-12-19)33(32-22)28-31-27(35)25(37-28)16-26(34)30-21-5-3-4-6-24(21)36-2/h3-14,23,25H,15-16H2,1-2H3,(H,30,34). The predicted molar refractivity (Wildman–Crippen MR) is 143 cm³/mol. The highest BCUT2D eigenvalue weighted by Gasteiger charge is 2.39. The minimum atomic E-state index is -0.669. The Morgan fingerprint density at radius 2 is 1.84 bits per heavy atom. The summed E-state index contributed by atoms with van der Waals surface area (Å²) in [5.74, 6) is -0.480. The quantitative estimate of drug-likeness (QED) is 0.480. The normalized spacial score (nSPS) is 19.0. The average molecular weight is 517 g/mol. The van der Waals surface area contributed by atoms with Crippen LogP contribution >= 0.6 is 11.8 Å². The smallest absolute Gasteiger partial charge is 0.262 e. The molecule has 0 saturated carbocycles. The molecular formula is C28H25FN4O3S. The highest BCUT2D eigenvalue weighted by atomic mass is 32.2. The van der Waals surface area contributed by atoms with Gasteiger partial charge in [-0.25, -0.2) is 9.40 Å². The van der Waals surface area contributed by atoms with E-state index in [0.29, 0.717) is 23.0 Å². The van der Waals surface area contributed by atoms with E-state index in [1.807, 2.05) is 37.3 Å². The van der Waals surface area contributed by atoms with E-state index in [2.05, 4.69) is 10.3 Å². The molecule has 3 aromatic carbocycles. The second kappa shape index (κ2) is 10.6. The number of amides is 2. The lowest BCUT2D eigenvalue weighted by atomic mass is 9.98. The van der Waals surface area contributed by atoms with E-state index < -0.39 is 5.25 Å². The van der Waals surface area contributed by atoms with Gasteiger partial charge in [-0.3, -0.25) is 9.59 Å². The van der Waals surface area contributed by atoms with Gasteiger partial charge in [-0.05, 0) is 42.3 Å². The largest absolute Gasteiger partial charge is 0.495 e. The maximum Gasteiger partial charge on any atom is 0.262 e. The molecule has 3 aromatic rings. The van der Waals surface area contributed by atoms with E-state index in [4.69, 9.17) is 9.84 Å². The van der Waals surface area contributed by atoms with Crippen LogP contribution in [0.3, 0.4) is 0 Å². The number of benzene rings is 3. The number of carbonyl (C=O) groups is 2. The highest BCUT2D eigenvalue weighted by Crippen LogP contribution is 2.38. The zero-order chi connectivity index (χ0) is 25.9. The number of para-hydroxylation sites is 2. The fourth-order valence-corrected chi connectivity index (χ4v) is 5.34. The first kappa shape index (κ1) is 24.7. The molecule has 37 heavy (non-hydrogen) atoms. The van der Waals surface area contributed by atoms with Gasteiger partial charge in [0, 0.05) is 12.8 Å². The Labute approximate surface area is 218 Å². The summed E-state index contributed by atoms with van der Waals surface area (Å²) in [4.78, 5) is 29.8. The molecule has 5 rings (SSSR count). The summed E-state index contributed by atoms with van der Waals surface area (Å²) in [5.41, 5.74) is 4.37. The zero-order valence-electron chi connectivity index (χ0n) is 20.3. The molecule has 0 aliphatic carbocycles. The van der Waals surface area contributed by atoms with E-state index in [1.54, 1.807) is 35.3 Å². The summed E-state index contributed by atoms with van der Waals surface area (Å²) in [6, 6.07) is 21.2. The molecule has 0 fully saturated rings. The third-order valence-electron chi connectivity index (χ3n) is 6.23. The monoisotopic (exact) mass is 516 g/mol. The first-order valence-corrected chi connectivity index (χ1v) is 12.7. The number of rotatable bonds is 6. The van der Waals surface area contributed by atoms with Gasteiger partial charge < -0.3 is 10.1 Å². The van der Waals surface area contributed by atoms with Gasteiger partial charge in [0.1, 0.15) is 16.8 Å². The Kier molecular flexibility index (Phi) is 7.05. The molecular weight excluding hydrogens is 491 g/mol. The maximum atomic E-state index is 13.6. The van der Waals surface area contributed by atoms with Crippen LogP contribution in [0.15, 0.2) is 82.9 Å². The first-order valence-electron chi connectivity index (χ1n) is 11.8. The van der Waals surface area contributed by atoms with Crippen molar-refractivity contribution < 1.29 is 18.7 Å². The minimum absolute atomic E-state index is 0.0435. The van der Waals surface area contributed by atoms with Crippen molar-refractivity contribution >= 4 is 40.1 Å². The molecule has 2 heterocycles. The van der Waals surface area contributed by atoms with Crippen LogP contribution < -0.4 is 10.1 Å². The van der Waals surface area contributed by atoms with Crippen LogP contribution in [0.1, 0.15) is 35.6 Å². The number of methoxy groups -OCH3 is 1. The molecule has 0 aromatic heterocycles. The molecule has 2 aliphatic heterocycles. The van der Waals surface area contributed by atoms with Crippen molar-refractivity contribution in [1.29, 1.82) is 0 Å². The van der Waals surface area contributed by atoms with Crippen LogP contribution in [0, 0.1) is 12.7 Å². The van der Waals surface area contributed by atoms with Gasteiger partial charge in [0.05, 0.1) is 24.6 Å². The van der Waals surface area contributed by atoms with Crippen LogP contribution in [0.4, 0.5) is 10.1 Å². The molecule has 2 aliphatic rings. The van der Waals surface area contributed by atoms with E-state index in [0.717, 1.165) is 22.4 Å². The number of hydrogen-bond donors (Lipinski definition) is 1. The summed E-state index contributed by atoms with van der Waals surface area (Å²) in [6.07, 6.45) is 0.527. The third-order valence-corrected chi connectivity index (χ3v) is 7.37. The second-order valence-corrected chi connectivity index (χ2v) is 9.99. The summed E-state index contributed by atoms with van der Waals surface area (Å²) in [7, 11) is 1.53. The zero-order valence-corrected chi connectivity index (χ0v) is 21.2. The van der Waals surface area contributed by atoms with Crippen LogP contribution in [0.25, 0.3) is 0 Å². The lowest BCUT2D eigenvalue weighted by Crippen LogP contribution is -2.25. The van der Waals surface area contributed by atoms with Crippen LogP contribution in [-0.2, 0) is 9.59 Å². The van der Waals surface area contributed by atoms with Crippen molar-refractivity contribution in [1.82, 2.24) is 5.01 Å². The van der Waals surface area contributed by atoms with Crippen molar-refractivity contribution in [3.63, 3.8) is 0 Å². The number of amidine groups is 1. The van der Waals surface area contributed by atoms with Gasteiger partial charge >= 0.3 is 0 Å². The molecule has 2 amide bonds. The van der Waals surface area contributed by atoms with Crippen molar-refractivity contribution in [2.45, 2.75) is 31.1 Å². The van der Waals surface area contributed by atoms with Crippen molar-refractivity contribution in [2.24, 2.45) is 10.1 Å². The number of anilines is 1. The molecule has 1 N–H and O–H groups in total. The molecule has 2 unspecified atom stereocenters. The number of thioether (sulfide) groups is 1. The number of nitrogens with zero attached hydrogens (tertiary/aromatic N) is 3. The number of carbonyl (C=O) groups excluding carboxylic acids is 2. The Hall–Kier alpha value is -3.98. The number of hydrogen-bond acceptors (Lipinski definition) is 6. The molecule has 0 bridgehead atoms. The Balaban J connectivity index is 1.35. The van der Waals surface area contributed by atoms with Crippen LogP contribution in [0.5, 0.6) is 5.75 Å². The third kappa shape index (κ3) is 5.41. The Morgan fingerprint density at radius 3 is 2.57 bits per heavy atom. The molecule has 2 atom stereocenters. The van der Waals surface area contributed by atoms with Gasteiger partial charge in [-0.2, -0.15) is 10.1 Å². The molecule has 0 radical (unpaired) electrons. The van der Waals surface area contributed by atoms with Gasteiger partial charge in [0.15, 0.2) is 5.17 Å². The SMILES string of the molecule is COc1ccccc1NC(=O)CC1SC(N2N=C(c3ccc(C)cc3)CC2c2ccc(F)cc2)=NC1=O. The van der Waals surface area contributed by atoms with Gasteiger partial charge in [0.2, 0.25) is 5.91 Å². The summed E-state index contributed by atoms with van der Waals surface area (Å²) < 4.78 is 18.9. The fourth-order valence-electron chi connectivity index (χ4n) is 4.27. The Bertz CT molecular complexity index is 1390. The summed E-state index contributed by atoms with van der Waals surface area (Å²) >= 11 is 1.22. The number of nitrogens with one attached hydrogen (secondary N) is 1. The van der Waals surface area contributed by atoms with E-state index in [9.17, 15) is 14.0 Å². The van der Waals surface area contributed by atoms with Gasteiger partial charge in [-0.1, -0.05) is 65.9 Å². The van der Waals surface area contributed by atoms with E-state index in [-0.39, 0.29) is 30.1 Å². The second-order valence-electron chi connectivity index (χ2n) is 8.82. The topological polar surface area (TPSA) is 83.4 Å². The van der Waals surface area contributed by atoms with Gasteiger partial charge in [0.25, 0.3) is 5.91 Å². The number of aryl methyl sites for hydroxylation is 1.